The lowest BCUT2D eigenvalue weighted by molar-refractivity contribution is -0.140. The number of amides is 3. The molecule has 2 aromatic carbocycles. The highest BCUT2D eigenvalue weighted by Crippen LogP contribution is 2.40. The van der Waals surface area contributed by atoms with E-state index in [0.29, 0.717) is 55.2 Å². The molecule has 238 valence electrons. The Morgan fingerprint density at radius 1 is 1.11 bits per heavy atom. The lowest BCUT2D eigenvalue weighted by Gasteiger charge is -2.33. The van der Waals surface area contributed by atoms with E-state index < -0.39 is 18.4 Å². The van der Waals surface area contributed by atoms with E-state index in [0.717, 1.165) is 4.90 Å². The van der Waals surface area contributed by atoms with Crippen LogP contribution >= 0.6 is 0 Å². The SMILES string of the molecule is COc1cc(C(=O)NC2CCN(C(=O)CN(C)C)CC2)ccc1Nc1ncc2c(n1)N(c1ccccc1)CC(F)(F)C(=O)N2C. The number of carbonyl (C=O) groups excluding carboxylic acids is 3. The van der Waals surface area contributed by atoms with Crippen LogP contribution in [-0.2, 0) is 9.59 Å². The van der Waals surface area contributed by atoms with Gasteiger partial charge in [-0.1, -0.05) is 18.2 Å². The summed E-state index contributed by atoms with van der Waals surface area (Å²) in [4.78, 5) is 52.6. The van der Waals surface area contributed by atoms with Crippen molar-refractivity contribution in [1.82, 2.24) is 25.1 Å². The minimum Gasteiger partial charge on any atom is -0.495 e. The third-order valence-corrected chi connectivity index (χ3v) is 7.75. The van der Waals surface area contributed by atoms with Crippen molar-refractivity contribution < 1.29 is 27.9 Å². The smallest absolute Gasteiger partial charge is 0.342 e. The van der Waals surface area contributed by atoms with Crippen molar-refractivity contribution in [1.29, 1.82) is 0 Å². The van der Waals surface area contributed by atoms with E-state index in [-0.39, 0.29) is 35.3 Å². The van der Waals surface area contributed by atoms with Crippen LogP contribution in [0.25, 0.3) is 0 Å². The molecule has 2 N–H and O–H groups in total. The molecule has 3 heterocycles. The average Bonchev–Trinajstić information content (AvgIpc) is 3.10. The number of fused-ring (bicyclic) bond motifs is 1. The number of methoxy groups -OCH3 is 1. The molecule has 1 aromatic heterocycles. The van der Waals surface area contributed by atoms with Crippen LogP contribution in [0.3, 0.4) is 0 Å². The summed E-state index contributed by atoms with van der Waals surface area (Å²) in [5.41, 5.74) is 1.38. The molecule has 0 radical (unpaired) electrons. The second kappa shape index (κ2) is 13.0. The van der Waals surface area contributed by atoms with Crippen LogP contribution in [0.1, 0.15) is 23.2 Å². The largest absolute Gasteiger partial charge is 0.495 e. The van der Waals surface area contributed by atoms with E-state index >= 15 is 0 Å². The quantitative estimate of drug-likeness (QED) is 0.390. The van der Waals surface area contributed by atoms with Crippen LogP contribution in [0, 0.1) is 0 Å². The fourth-order valence-electron chi connectivity index (χ4n) is 5.35. The van der Waals surface area contributed by atoms with Gasteiger partial charge in [0.2, 0.25) is 11.9 Å². The Balaban J connectivity index is 1.32. The van der Waals surface area contributed by atoms with E-state index in [1.165, 1.54) is 25.3 Å². The molecule has 5 rings (SSSR count). The number of anilines is 5. The molecule has 2 aliphatic heterocycles. The van der Waals surface area contributed by atoms with Crippen molar-refractivity contribution in [3.63, 3.8) is 0 Å². The standard InChI is InChI=1S/C31H36F2N8O4/c1-38(2)18-26(42)40-14-12-21(13-15-40)35-28(43)20-10-11-23(25(16-20)45-4)36-30-34-17-24-27(37-30)41(22-8-6-5-7-9-22)19-31(32,33)29(44)39(24)3/h5-11,16-17,21H,12-15,18-19H2,1-4H3,(H,35,43)(H,34,36,37). The van der Waals surface area contributed by atoms with Crippen LogP contribution in [0.2, 0.25) is 0 Å². The Kier molecular flexibility index (Phi) is 9.14. The number of para-hydroxylation sites is 1. The second-order valence-electron chi connectivity index (χ2n) is 11.3. The second-order valence-corrected chi connectivity index (χ2v) is 11.3. The fraction of sp³-hybridized carbons (Fsp3) is 0.387. The first-order valence-electron chi connectivity index (χ1n) is 14.5. The predicted octanol–water partition coefficient (Wildman–Crippen LogP) is 3.26. The zero-order valence-electron chi connectivity index (χ0n) is 25.6. The normalized spacial score (nSPS) is 16.7. The van der Waals surface area contributed by atoms with Crippen molar-refractivity contribution in [2.45, 2.75) is 24.8 Å². The summed E-state index contributed by atoms with van der Waals surface area (Å²) in [6.07, 6.45) is 2.63. The number of likely N-dealkylation sites (N-methyl/N-ethyl adjacent to an activating group) is 1. The molecular weight excluding hydrogens is 586 g/mol. The summed E-state index contributed by atoms with van der Waals surface area (Å²) in [6.45, 7) is 0.607. The summed E-state index contributed by atoms with van der Waals surface area (Å²) >= 11 is 0. The number of carbonyl (C=O) groups is 3. The monoisotopic (exact) mass is 622 g/mol. The van der Waals surface area contributed by atoms with Crippen molar-refractivity contribution in [2.24, 2.45) is 0 Å². The van der Waals surface area contributed by atoms with Gasteiger partial charge in [0.1, 0.15) is 11.4 Å². The van der Waals surface area contributed by atoms with Crippen molar-refractivity contribution in [3.05, 3.63) is 60.3 Å². The molecule has 12 nitrogen and oxygen atoms in total. The minimum atomic E-state index is -3.67. The maximum absolute atomic E-state index is 14.9. The summed E-state index contributed by atoms with van der Waals surface area (Å²) in [5, 5.41) is 6.10. The first-order valence-corrected chi connectivity index (χ1v) is 14.5. The number of piperidine rings is 1. The lowest BCUT2D eigenvalue weighted by atomic mass is 10.0. The number of aromatic nitrogens is 2. The number of benzene rings is 2. The number of halogens is 2. The number of rotatable bonds is 8. The highest BCUT2D eigenvalue weighted by atomic mass is 19.3. The number of alkyl halides is 2. The summed E-state index contributed by atoms with van der Waals surface area (Å²) < 4.78 is 35.4. The zero-order valence-corrected chi connectivity index (χ0v) is 25.6. The van der Waals surface area contributed by atoms with Crippen molar-refractivity contribution >= 4 is 46.5 Å². The molecule has 0 atom stereocenters. The van der Waals surface area contributed by atoms with E-state index in [9.17, 15) is 23.2 Å². The Labute approximate surface area is 260 Å². The summed E-state index contributed by atoms with van der Waals surface area (Å²) in [6, 6.07) is 13.3. The maximum Gasteiger partial charge on any atom is 0.342 e. The Morgan fingerprint density at radius 3 is 2.49 bits per heavy atom. The molecule has 0 spiro atoms. The Hall–Kier alpha value is -4.85. The van der Waals surface area contributed by atoms with Gasteiger partial charge < -0.3 is 35.0 Å². The van der Waals surface area contributed by atoms with Gasteiger partial charge in [-0.2, -0.15) is 13.8 Å². The molecule has 0 saturated carbocycles. The fourth-order valence-corrected chi connectivity index (χ4v) is 5.35. The first-order chi connectivity index (χ1) is 21.5. The van der Waals surface area contributed by atoms with Crippen LogP contribution < -0.4 is 25.2 Å². The van der Waals surface area contributed by atoms with Gasteiger partial charge >= 0.3 is 5.92 Å². The molecule has 1 saturated heterocycles. The van der Waals surface area contributed by atoms with Crippen molar-refractivity contribution in [3.8, 4) is 5.75 Å². The molecular formula is C31H36F2N8O4. The lowest BCUT2D eigenvalue weighted by Crippen LogP contribution is -2.48. The van der Waals surface area contributed by atoms with Gasteiger partial charge in [0.25, 0.3) is 11.8 Å². The number of hydrogen-bond donors (Lipinski definition) is 2. The molecule has 45 heavy (non-hydrogen) atoms. The highest BCUT2D eigenvalue weighted by molar-refractivity contribution is 6.02. The van der Waals surface area contributed by atoms with Gasteiger partial charge in [-0.05, 0) is 57.3 Å². The topological polar surface area (TPSA) is 123 Å². The van der Waals surface area contributed by atoms with Gasteiger partial charge in [-0.15, -0.1) is 0 Å². The first kappa shape index (κ1) is 31.6. The summed E-state index contributed by atoms with van der Waals surface area (Å²) in [5.74, 6) is -4.69. The van der Waals surface area contributed by atoms with Crippen LogP contribution in [0.15, 0.2) is 54.7 Å². The summed E-state index contributed by atoms with van der Waals surface area (Å²) in [7, 11) is 6.43. The molecule has 3 aromatic rings. The molecule has 0 bridgehead atoms. The number of nitrogens with zero attached hydrogens (tertiary/aromatic N) is 6. The highest BCUT2D eigenvalue weighted by Gasteiger charge is 2.47. The van der Waals surface area contributed by atoms with Gasteiger partial charge in [-0.25, -0.2) is 4.98 Å². The number of nitrogens with one attached hydrogen (secondary N) is 2. The minimum absolute atomic E-state index is 0.0670. The third kappa shape index (κ3) is 6.95. The molecule has 0 aliphatic carbocycles. The number of hydrogen-bond acceptors (Lipinski definition) is 9. The molecule has 0 unspecified atom stereocenters. The van der Waals surface area contributed by atoms with Crippen LogP contribution in [0.5, 0.6) is 5.75 Å². The van der Waals surface area contributed by atoms with Gasteiger partial charge in [0.05, 0.1) is 32.1 Å². The van der Waals surface area contributed by atoms with Gasteiger partial charge in [0.15, 0.2) is 5.82 Å². The Morgan fingerprint density at radius 2 is 1.82 bits per heavy atom. The van der Waals surface area contributed by atoms with E-state index in [4.69, 9.17) is 4.74 Å². The van der Waals surface area contributed by atoms with Crippen molar-refractivity contribution in [2.75, 3.05) is 69.5 Å². The molecule has 3 amide bonds. The zero-order chi connectivity index (χ0) is 32.3. The predicted molar refractivity (Wildman–Crippen MR) is 166 cm³/mol. The van der Waals surface area contributed by atoms with E-state index in [2.05, 4.69) is 20.6 Å². The molecule has 2 aliphatic rings. The van der Waals surface area contributed by atoms with E-state index in [1.54, 1.807) is 48.5 Å². The van der Waals surface area contributed by atoms with Crippen LogP contribution in [-0.4, -0.2) is 104 Å². The Bertz CT molecular complexity index is 1560. The average molecular weight is 623 g/mol. The van der Waals surface area contributed by atoms with Gasteiger partial charge in [-0.3, -0.25) is 14.4 Å². The molecule has 14 heteroatoms. The number of ether oxygens (including phenoxy) is 1. The third-order valence-electron chi connectivity index (χ3n) is 7.75. The van der Waals surface area contributed by atoms with E-state index in [1.807, 2.05) is 23.9 Å². The van der Waals surface area contributed by atoms with Crippen LogP contribution in [0.4, 0.5) is 37.6 Å². The number of likely N-dealkylation sites (tertiary alicyclic amines) is 1. The maximum atomic E-state index is 14.9. The molecule has 1 fully saturated rings. The van der Waals surface area contributed by atoms with Gasteiger partial charge in [0, 0.05) is 37.4 Å².